The fourth-order valence-electron chi connectivity index (χ4n) is 2.58. The minimum atomic E-state index is 0.545. The molecule has 3 rings (SSSR count). The van der Waals surface area contributed by atoms with Gasteiger partial charge in [-0.05, 0) is 25.0 Å². The van der Waals surface area contributed by atoms with E-state index >= 15 is 0 Å². The van der Waals surface area contributed by atoms with Gasteiger partial charge in [-0.15, -0.1) is 0 Å². The minimum absolute atomic E-state index is 0.545. The number of fused-ring (bicyclic) bond motifs is 1. The zero-order valence-corrected chi connectivity index (χ0v) is 9.74. The molecular formula is C12H14ClN3. The summed E-state index contributed by atoms with van der Waals surface area (Å²) in [5, 5.41) is 0.726. The summed E-state index contributed by atoms with van der Waals surface area (Å²) in [6, 6.07) is 3.79. The standard InChI is InChI=1S/C12H14ClN3/c13-9-5-6-10-11(14)15-12(16(10)7-9)8-3-1-2-4-8/h5-8H,1-4,14H2. The van der Waals surface area contributed by atoms with Crippen LogP contribution in [0.2, 0.25) is 5.02 Å². The Morgan fingerprint density at radius 2 is 2.06 bits per heavy atom. The average Bonchev–Trinajstić information content (AvgIpc) is 2.86. The maximum Gasteiger partial charge on any atom is 0.149 e. The summed E-state index contributed by atoms with van der Waals surface area (Å²) in [6.07, 6.45) is 6.92. The second-order valence-electron chi connectivity index (χ2n) is 4.44. The predicted molar refractivity (Wildman–Crippen MR) is 65.8 cm³/mol. The van der Waals surface area contributed by atoms with Crippen molar-refractivity contribution in [1.82, 2.24) is 9.38 Å². The van der Waals surface area contributed by atoms with E-state index in [-0.39, 0.29) is 0 Å². The van der Waals surface area contributed by atoms with Gasteiger partial charge in [0, 0.05) is 12.1 Å². The van der Waals surface area contributed by atoms with Gasteiger partial charge in [-0.3, -0.25) is 4.40 Å². The van der Waals surface area contributed by atoms with E-state index in [1.165, 1.54) is 25.7 Å². The molecule has 16 heavy (non-hydrogen) atoms. The number of nitrogens with two attached hydrogens (primary N) is 1. The van der Waals surface area contributed by atoms with Gasteiger partial charge in [-0.2, -0.15) is 0 Å². The van der Waals surface area contributed by atoms with E-state index in [9.17, 15) is 0 Å². The molecule has 2 N–H and O–H groups in total. The molecule has 4 heteroatoms. The third-order valence-corrected chi connectivity index (χ3v) is 3.60. The van der Waals surface area contributed by atoms with Crippen molar-refractivity contribution >= 4 is 22.9 Å². The number of rotatable bonds is 1. The van der Waals surface area contributed by atoms with Crippen molar-refractivity contribution in [3.8, 4) is 0 Å². The van der Waals surface area contributed by atoms with E-state index in [0.29, 0.717) is 11.7 Å². The second-order valence-corrected chi connectivity index (χ2v) is 4.88. The lowest BCUT2D eigenvalue weighted by Gasteiger charge is -2.07. The van der Waals surface area contributed by atoms with Crippen molar-refractivity contribution in [2.45, 2.75) is 31.6 Å². The number of anilines is 1. The first kappa shape index (κ1) is 9.97. The number of hydrogen-bond donors (Lipinski definition) is 1. The quantitative estimate of drug-likeness (QED) is 0.825. The number of hydrogen-bond acceptors (Lipinski definition) is 2. The van der Waals surface area contributed by atoms with E-state index < -0.39 is 0 Å². The normalized spacial score (nSPS) is 17.3. The van der Waals surface area contributed by atoms with Gasteiger partial charge < -0.3 is 5.73 Å². The number of nitrogens with zero attached hydrogens (tertiary/aromatic N) is 2. The smallest absolute Gasteiger partial charge is 0.149 e. The van der Waals surface area contributed by atoms with Crippen LogP contribution in [0, 0.1) is 0 Å². The number of halogens is 1. The molecule has 0 amide bonds. The lowest BCUT2D eigenvalue weighted by molar-refractivity contribution is 0.665. The van der Waals surface area contributed by atoms with Crippen molar-refractivity contribution in [2.24, 2.45) is 0 Å². The van der Waals surface area contributed by atoms with Crippen molar-refractivity contribution in [3.63, 3.8) is 0 Å². The number of aromatic nitrogens is 2. The molecule has 1 aliphatic rings. The van der Waals surface area contributed by atoms with Crippen LogP contribution < -0.4 is 5.73 Å². The van der Waals surface area contributed by atoms with Crippen LogP contribution in [0.3, 0.4) is 0 Å². The summed E-state index contributed by atoms with van der Waals surface area (Å²) in [5.41, 5.74) is 6.88. The molecule has 0 radical (unpaired) electrons. The summed E-state index contributed by atoms with van der Waals surface area (Å²) in [4.78, 5) is 4.49. The van der Waals surface area contributed by atoms with Crippen LogP contribution in [0.25, 0.3) is 5.52 Å². The Balaban J connectivity index is 2.19. The van der Waals surface area contributed by atoms with E-state index in [2.05, 4.69) is 4.98 Å². The van der Waals surface area contributed by atoms with Gasteiger partial charge in [0.2, 0.25) is 0 Å². The molecular weight excluding hydrogens is 222 g/mol. The molecule has 0 aromatic carbocycles. The first-order chi connectivity index (χ1) is 7.75. The molecule has 3 nitrogen and oxygen atoms in total. The first-order valence-corrected chi connectivity index (χ1v) is 6.06. The number of pyridine rings is 1. The predicted octanol–water partition coefficient (Wildman–Crippen LogP) is 3.23. The molecule has 0 aliphatic heterocycles. The highest BCUT2D eigenvalue weighted by Gasteiger charge is 2.22. The van der Waals surface area contributed by atoms with Crippen LogP contribution >= 0.6 is 11.6 Å². The Labute approximate surface area is 99.2 Å². The largest absolute Gasteiger partial charge is 0.382 e. The van der Waals surface area contributed by atoms with Gasteiger partial charge in [0.15, 0.2) is 0 Å². The molecule has 2 aromatic heterocycles. The van der Waals surface area contributed by atoms with E-state index in [1.807, 2.05) is 22.7 Å². The van der Waals surface area contributed by atoms with Crippen molar-refractivity contribution in [1.29, 1.82) is 0 Å². The van der Waals surface area contributed by atoms with Gasteiger partial charge in [-0.1, -0.05) is 24.4 Å². The Hall–Kier alpha value is -1.22. The third-order valence-electron chi connectivity index (χ3n) is 3.38. The molecule has 0 unspecified atom stereocenters. The molecule has 0 spiro atoms. The lowest BCUT2D eigenvalue weighted by atomic mass is 10.1. The summed E-state index contributed by atoms with van der Waals surface area (Å²) in [6.45, 7) is 0. The topological polar surface area (TPSA) is 43.3 Å². The van der Waals surface area contributed by atoms with Crippen LogP contribution in [0.15, 0.2) is 18.3 Å². The van der Waals surface area contributed by atoms with Crippen LogP contribution in [0.1, 0.15) is 37.4 Å². The molecule has 0 bridgehead atoms. The highest BCUT2D eigenvalue weighted by Crippen LogP contribution is 2.35. The molecule has 1 aliphatic carbocycles. The van der Waals surface area contributed by atoms with Gasteiger partial charge in [0.05, 0.1) is 10.5 Å². The molecule has 0 saturated heterocycles. The molecule has 2 aromatic rings. The summed E-state index contributed by atoms with van der Waals surface area (Å²) in [5.74, 6) is 2.23. The summed E-state index contributed by atoms with van der Waals surface area (Å²) < 4.78 is 2.05. The Bertz CT molecular complexity index is 526. The molecule has 1 fully saturated rings. The molecule has 2 heterocycles. The molecule has 1 saturated carbocycles. The Morgan fingerprint density at radius 3 is 2.81 bits per heavy atom. The number of imidazole rings is 1. The zero-order valence-electron chi connectivity index (χ0n) is 8.99. The van der Waals surface area contributed by atoms with E-state index in [0.717, 1.165) is 16.4 Å². The Morgan fingerprint density at radius 1 is 1.31 bits per heavy atom. The maximum absolute atomic E-state index is 6.02. The van der Waals surface area contributed by atoms with Crippen LogP contribution in [0.4, 0.5) is 5.82 Å². The highest BCUT2D eigenvalue weighted by atomic mass is 35.5. The third kappa shape index (κ3) is 1.47. The fourth-order valence-corrected chi connectivity index (χ4v) is 2.74. The molecule has 84 valence electrons. The highest BCUT2D eigenvalue weighted by molar-refractivity contribution is 6.30. The second kappa shape index (κ2) is 3.67. The van der Waals surface area contributed by atoms with E-state index in [4.69, 9.17) is 17.3 Å². The van der Waals surface area contributed by atoms with Crippen LogP contribution in [-0.4, -0.2) is 9.38 Å². The van der Waals surface area contributed by atoms with Crippen molar-refractivity contribution in [3.05, 3.63) is 29.2 Å². The van der Waals surface area contributed by atoms with Gasteiger partial charge >= 0.3 is 0 Å². The van der Waals surface area contributed by atoms with Crippen LogP contribution in [0.5, 0.6) is 0 Å². The van der Waals surface area contributed by atoms with Crippen molar-refractivity contribution in [2.75, 3.05) is 5.73 Å². The molecule has 0 atom stereocenters. The van der Waals surface area contributed by atoms with Gasteiger partial charge in [0.1, 0.15) is 11.6 Å². The average molecular weight is 236 g/mol. The summed E-state index contributed by atoms with van der Waals surface area (Å²) in [7, 11) is 0. The minimum Gasteiger partial charge on any atom is -0.382 e. The van der Waals surface area contributed by atoms with Crippen molar-refractivity contribution < 1.29 is 0 Å². The SMILES string of the molecule is Nc1nc(C2CCCC2)n2cc(Cl)ccc12. The van der Waals surface area contributed by atoms with E-state index in [1.54, 1.807) is 0 Å². The lowest BCUT2D eigenvalue weighted by Crippen LogP contribution is -1.99. The van der Waals surface area contributed by atoms with Gasteiger partial charge in [-0.25, -0.2) is 4.98 Å². The summed E-state index contributed by atoms with van der Waals surface area (Å²) >= 11 is 6.02. The van der Waals surface area contributed by atoms with Gasteiger partial charge in [0.25, 0.3) is 0 Å². The monoisotopic (exact) mass is 235 g/mol. The fraction of sp³-hybridized carbons (Fsp3) is 0.417. The zero-order chi connectivity index (χ0) is 11.1. The Kier molecular flexibility index (Phi) is 2.28. The first-order valence-electron chi connectivity index (χ1n) is 5.68. The maximum atomic E-state index is 6.02. The van der Waals surface area contributed by atoms with Crippen LogP contribution in [-0.2, 0) is 0 Å². The number of nitrogen functional groups attached to an aromatic ring is 1.